The Balaban J connectivity index is 1.76. The summed E-state index contributed by atoms with van der Waals surface area (Å²) in [5.74, 6) is 1.14. The van der Waals surface area contributed by atoms with Gasteiger partial charge in [-0.2, -0.15) is 0 Å². The van der Waals surface area contributed by atoms with Crippen molar-refractivity contribution in [3.63, 3.8) is 0 Å². The molecule has 0 bridgehead atoms. The Morgan fingerprint density at radius 3 is 1.17 bits per heavy atom. The first-order valence-corrected chi connectivity index (χ1v) is 12.5. The topological polar surface area (TPSA) is 0 Å². The summed E-state index contributed by atoms with van der Waals surface area (Å²) in [5, 5.41) is 0. The molecule has 0 saturated carbocycles. The zero-order valence-electron chi connectivity index (χ0n) is 18.0. The monoisotopic (exact) mass is 618 g/mol. The Bertz CT molecular complexity index is 950. The highest BCUT2D eigenvalue weighted by molar-refractivity contribution is 14.1. The molecule has 0 atom stereocenters. The van der Waals surface area contributed by atoms with Gasteiger partial charge < -0.3 is 0 Å². The van der Waals surface area contributed by atoms with Gasteiger partial charge in [0.1, 0.15) is 0 Å². The second-order valence-corrected chi connectivity index (χ2v) is 10.5. The van der Waals surface area contributed by atoms with E-state index in [1.165, 1.54) is 40.5 Å². The van der Waals surface area contributed by atoms with E-state index < -0.39 is 0 Å². The van der Waals surface area contributed by atoms with Gasteiger partial charge in [0.2, 0.25) is 0 Å². The van der Waals surface area contributed by atoms with Gasteiger partial charge in [-0.3, -0.25) is 0 Å². The normalized spacial score (nSPS) is 12.0. The van der Waals surface area contributed by atoms with Gasteiger partial charge >= 0.3 is 0 Å². The summed E-state index contributed by atoms with van der Waals surface area (Å²) in [4.78, 5) is 0. The first-order valence-electron chi connectivity index (χ1n) is 10.4. The molecule has 0 aliphatic heterocycles. The lowest BCUT2D eigenvalue weighted by Gasteiger charge is -2.07. The Kier molecular flexibility index (Phi) is 8.35. The third-order valence-corrected chi connectivity index (χ3v) is 7.10. The van der Waals surface area contributed by atoms with Gasteiger partial charge in [-0.15, -0.1) is 0 Å². The smallest absolute Gasteiger partial charge is 0.0209 e. The number of benzene rings is 3. The molecule has 2 heteroatoms. The molecule has 0 heterocycles. The number of hydrogen-bond acceptors (Lipinski definition) is 0. The molecule has 3 aromatic carbocycles. The van der Waals surface area contributed by atoms with Crippen molar-refractivity contribution >= 4 is 69.5 Å². The summed E-state index contributed by atoms with van der Waals surface area (Å²) < 4.78 is 2.52. The van der Waals surface area contributed by atoms with Crippen molar-refractivity contribution in [2.24, 2.45) is 0 Å². The second kappa shape index (κ2) is 10.8. The first kappa shape index (κ1) is 23.3. The van der Waals surface area contributed by atoms with Crippen LogP contribution in [-0.2, 0) is 0 Å². The fraction of sp³-hybridized carbons (Fsp3) is 0.214. The third-order valence-electron chi connectivity index (χ3n) is 5.23. The molecule has 0 amide bonds. The quantitative estimate of drug-likeness (QED) is 0.191. The Hall–Kier alpha value is -1.40. The number of halogens is 2. The van der Waals surface area contributed by atoms with Crippen molar-refractivity contribution in [1.29, 1.82) is 0 Å². The highest BCUT2D eigenvalue weighted by Crippen LogP contribution is 2.25. The Labute approximate surface area is 208 Å². The standard InChI is InChI=1S/C28H28I2/c1-19(2)23-11-5-21(6-12-23)9-15-25-17-28(30)26(18-27(25)29)16-10-22-7-13-24(14-8-22)20(3)4/h5-20H,1-4H3. The number of rotatable bonds is 6. The van der Waals surface area contributed by atoms with E-state index in [1.807, 2.05) is 0 Å². The van der Waals surface area contributed by atoms with Crippen molar-refractivity contribution in [3.05, 3.63) is 101 Å². The van der Waals surface area contributed by atoms with E-state index in [0.29, 0.717) is 11.8 Å². The highest BCUT2D eigenvalue weighted by Gasteiger charge is 2.04. The van der Waals surface area contributed by atoms with Crippen LogP contribution in [0.2, 0.25) is 0 Å². The minimum Gasteiger partial charge on any atom is -0.0587 e. The largest absolute Gasteiger partial charge is 0.0587 e. The SMILES string of the molecule is CC(C)c1ccc(C=Cc2cc(I)c(C=Cc3ccc(C(C)C)cc3)cc2I)cc1. The van der Waals surface area contributed by atoms with E-state index >= 15 is 0 Å². The molecule has 0 saturated heterocycles. The van der Waals surface area contributed by atoms with Gasteiger partial charge in [-0.05, 0) is 103 Å². The molecule has 154 valence electrons. The average molecular weight is 618 g/mol. The van der Waals surface area contributed by atoms with Crippen LogP contribution in [0.4, 0.5) is 0 Å². The zero-order chi connectivity index (χ0) is 21.7. The molecule has 3 rings (SSSR count). The van der Waals surface area contributed by atoms with Crippen molar-refractivity contribution in [2.45, 2.75) is 39.5 Å². The van der Waals surface area contributed by atoms with Gasteiger partial charge in [-0.25, -0.2) is 0 Å². The average Bonchev–Trinajstić information content (AvgIpc) is 2.73. The van der Waals surface area contributed by atoms with E-state index in [-0.39, 0.29) is 0 Å². The lowest BCUT2D eigenvalue weighted by Crippen LogP contribution is -1.88. The predicted molar refractivity (Wildman–Crippen MR) is 151 cm³/mol. The maximum absolute atomic E-state index is 2.44. The van der Waals surface area contributed by atoms with Crippen LogP contribution in [0.1, 0.15) is 72.9 Å². The molecule has 0 N–H and O–H groups in total. The lowest BCUT2D eigenvalue weighted by molar-refractivity contribution is 0.866. The van der Waals surface area contributed by atoms with E-state index in [1.54, 1.807) is 0 Å². The van der Waals surface area contributed by atoms with E-state index in [4.69, 9.17) is 0 Å². The first-order chi connectivity index (χ1) is 14.3. The highest BCUT2D eigenvalue weighted by atomic mass is 127. The summed E-state index contributed by atoms with van der Waals surface area (Å²) in [6, 6.07) is 22.2. The van der Waals surface area contributed by atoms with Gasteiger partial charge in [0.15, 0.2) is 0 Å². The molecule has 0 fully saturated rings. The van der Waals surface area contributed by atoms with Crippen LogP contribution in [0.5, 0.6) is 0 Å². The zero-order valence-corrected chi connectivity index (χ0v) is 22.3. The molecule has 0 unspecified atom stereocenters. The maximum Gasteiger partial charge on any atom is 0.0209 e. The molecule has 3 aromatic rings. The van der Waals surface area contributed by atoms with Gasteiger partial charge in [0, 0.05) is 7.14 Å². The summed E-state index contributed by atoms with van der Waals surface area (Å²) in [6.45, 7) is 8.91. The number of hydrogen-bond donors (Lipinski definition) is 0. The third kappa shape index (κ3) is 6.30. The Morgan fingerprint density at radius 1 is 0.533 bits per heavy atom. The molecular formula is C28H28I2. The van der Waals surface area contributed by atoms with Crippen LogP contribution < -0.4 is 0 Å². The molecular weight excluding hydrogens is 590 g/mol. The van der Waals surface area contributed by atoms with E-state index in [9.17, 15) is 0 Å². The Morgan fingerprint density at radius 2 is 0.867 bits per heavy atom. The van der Waals surface area contributed by atoms with Crippen LogP contribution in [0.25, 0.3) is 24.3 Å². The molecule has 0 aromatic heterocycles. The van der Waals surface area contributed by atoms with E-state index in [0.717, 1.165) is 0 Å². The predicted octanol–water partition coefficient (Wildman–Crippen LogP) is 9.48. The molecule has 30 heavy (non-hydrogen) atoms. The lowest BCUT2D eigenvalue weighted by atomic mass is 10.0. The van der Waals surface area contributed by atoms with Gasteiger partial charge in [0.25, 0.3) is 0 Å². The fourth-order valence-electron chi connectivity index (χ4n) is 3.19. The summed E-state index contributed by atoms with van der Waals surface area (Å²) in [5.41, 5.74) is 7.74. The summed E-state index contributed by atoms with van der Waals surface area (Å²) >= 11 is 4.87. The minimum absolute atomic E-state index is 0.569. The van der Waals surface area contributed by atoms with Crippen LogP contribution in [0.15, 0.2) is 60.7 Å². The van der Waals surface area contributed by atoms with Crippen molar-refractivity contribution in [1.82, 2.24) is 0 Å². The molecule has 0 radical (unpaired) electrons. The molecule has 0 spiro atoms. The van der Waals surface area contributed by atoms with Crippen molar-refractivity contribution < 1.29 is 0 Å². The maximum atomic E-state index is 2.44. The minimum atomic E-state index is 0.569. The molecule has 0 nitrogen and oxygen atoms in total. The van der Waals surface area contributed by atoms with Gasteiger partial charge in [0.05, 0.1) is 0 Å². The molecule has 0 aliphatic carbocycles. The van der Waals surface area contributed by atoms with E-state index in [2.05, 4.69) is 158 Å². The van der Waals surface area contributed by atoms with Crippen LogP contribution in [-0.4, -0.2) is 0 Å². The summed E-state index contributed by atoms with van der Waals surface area (Å²) in [6.07, 6.45) is 8.83. The second-order valence-electron chi connectivity index (χ2n) is 8.20. The summed E-state index contributed by atoms with van der Waals surface area (Å²) in [7, 11) is 0. The van der Waals surface area contributed by atoms with Crippen molar-refractivity contribution in [3.8, 4) is 0 Å². The van der Waals surface area contributed by atoms with Gasteiger partial charge in [-0.1, -0.05) is 101 Å². The molecule has 0 aliphatic rings. The van der Waals surface area contributed by atoms with Crippen LogP contribution >= 0.6 is 45.2 Å². The van der Waals surface area contributed by atoms with Crippen LogP contribution in [0.3, 0.4) is 0 Å². The van der Waals surface area contributed by atoms with Crippen molar-refractivity contribution in [2.75, 3.05) is 0 Å². The fourth-order valence-corrected chi connectivity index (χ4v) is 4.53. The van der Waals surface area contributed by atoms with Crippen LogP contribution in [0, 0.1) is 7.14 Å².